The van der Waals surface area contributed by atoms with Crippen molar-refractivity contribution in [3.05, 3.63) is 23.4 Å². The van der Waals surface area contributed by atoms with E-state index in [9.17, 15) is 0 Å². The number of rotatable bonds is 2. The van der Waals surface area contributed by atoms with Crippen LogP contribution in [0.25, 0.3) is 5.65 Å². The van der Waals surface area contributed by atoms with Gasteiger partial charge in [0.1, 0.15) is 11.0 Å². The van der Waals surface area contributed by atoms with Crippen LogP contribution in [0.5, 0.6) is 0 Å². The maximum Gasteiger partial charge on any atom is 0.180 e. The second-order valence-corrected chi connectivity index (χ2v) is 5.18. The van der Waals surface area contributed by atoms with Gasteiger partial charge in [-0.2, -0.15) is 0 Å². The fraction of sp³-hybridized carbons (Fsp3) is 0.583. The summed E-state index contributed by atoms with van der Waals surface area (Å²) in [6.07, 6.45) is 9.36. The van der Waals surface area contributed by atoms with Crippen molar-refractivity contribution in [1.29, 1.82) is 0 Å². The van der Waals surface area contributed by atoms with Gasteiger partial charge in [0.25, 0.3) is 0 Å². The van der Waals surface area contributed by atoms with Gasteiger partial charge in [-0.05, 0) is 19.3 Å². The molecule has 2 aromatic rings. The smallest absolute Gasteiger partial charge is 0.180 e. The van der Waals surface area contributed by atoms with E-state index in [0.29, 0.717) is 5.15 Å². The van der Waals surface area contributed by atoms with E-state index in [2.05, 4.69) is 22.1 Å². The van der Waals surface area contributed by atoms with Gasteiger partial charge in [-0.1, -0.05) is 31.4 Å². The Morgan fingerprint density at radius 1 is 1.29 bits per heavy atom. The van der Waals surface area contributed by atoms with Gasteiger partial charge in [-0.3, -0.25) is 9.38 Å². The fourth-order valence-electron chi connectivity index (χ4n) is 2.94. The summed E-state index contributed by atoms with van der Waals surface area (Å²) in [6.45, 7) is 2.22. The quantitative estimate of drug-likeness (QED) is 0.823. The van der Waals surface area contributed by atoms with E-state index >= 15 is 0 Å². The lowest BCUT2D eigenvalue weighted by Gasteiger charge is -2.25. The molecule has 0 amide bonds. The van der Waals surface area contributed by atoms with E-state index < -0.39 is 0 Å². The third kappa shape index (κ3) is 1.54. The van der Waals surface area contributed by atoms with Crippen LogP contribution < -0.4 is 0 Å². The van der Waals surface area contributed by atoms with Gasteiger partial charge >= 0.3 is 0 Å². The molecule has 2 aromatic heterocycles. The van der Waals surface area contributed by atoms with Crippen molar-refractivity contribution in [2.24, 2.45) is 0 Å². The van der Waals surface area contributed by atoms with Gasteiger partial charge in [0.05, 0.1) is 12.4 Å². The highest BCUT2D eigenvalue weighted by molar-refractivity contribution is 6.29. The number of hydrogen-bond acceptors (Lipinski definition) is 3. The number of nitrogens with zero attached hydrogens (tertiary/aromatic N) is 4. The van der Waals surface area contributed by atoms with Gasteiger partial charge in [0.2, 0.25) is 0 Å². The standard InChI is InChI=1S/C12H15ClN4/c1-2-12(5-3-4-6-12)11-16-15-10-8-14-7-9(13)17(10)11/h7-8H,2-6H2,1H3. The highest BCUT2D eigenvalue weighted by Gasteiger charge is 2.38. The van der Waals surface area contributed by atoms with E-state index in [1.54, 1.807) is 12.4 Å². The predicted molar refractivity (Wildman–Crippen MR) is 66.2 cm³/mol. The van der Waals surface area contributed by atoms with E-state index in [1.165, 1.54) is 25.7 Å². The molecule has 0 saturated heterocycles. The lowest BCUT2D eigenvalue weighted by molar-refractivity contribution is 0.395. The van der Waals surface area contributed by atoms with Crippen molar-refractivity contribution in [2.45, 2.75) is 44.4 Å². The molecule has 3 rings (SSSR count). The summed E-state index contributed by atoms with van der Waals surface area (Å²) in [4.78, 5) is 4.05. The van der Waals surface area contributed by atoms with Crippen LogP contribution in [0.2, 0.25) is 5.15 Å². The summed E-state index contributed by atoms with van der Waals surface area (Å²) >= 11 is 6.22. The van der Waals surface area contributed by atoms with E-state index in [4.69, 9.17) is 11.6 Å². The van der Waals surface area contributed by atoms with Gasteiger partial charge < -0.3 is 0 Å². The minimum atomic E-state index is 0.157. The summed E-state index contributed by atoms with van der Waals surface area (Å²) < 4.78 is 1.95. The molecule has 5 heteroatoms. The van der Waals surface area contributed by atoms with Crippen LogP contribution in [0.3, 0.4) is 0 Å². The summed E-state index contributed by atoms with van der Waals surface area (Å²) in [5.41, 5.74) is 0.900. The third-order valence-corrected chi connectivity index (χ3v) is 4.25. The second-order valence-electron chi connectivity index (χ2n) is 4.79. The summed E-state index contributed by atoms with van der Waals surface area (Å²) in [5.74, 6) is 1.01. The summed E-state index contributed by atoms with van der Waals surface area (Å²) in [5, 5.41) is 9.15. The Bertz CT molecular complexity index is 542. The first-order chi connectivity index (χ1) is 8.27. The largest absolute Gasteiger partial charge is 0.266 e. The predicted octanol–water partition coefficient (Wildman–Crippen LogP) is 3.00. The van der Waals surface area contributed by atoms with Crippen LogP contribution in [0.4, 0.5) is 0 Å². The summed E-state index contributed by atoms with van der Waals surface area (Å²) in [7, 11) is 0. The Morgan fingerprint density at radius 2 is 2.06 bits per heavy atom. The fourth-order valence-corrected chi connectivity index (χ4v) is 3.17. The Labute approximate surface area is 105 Å². The average molecular weight is 251 g/mol. The first-order valence-electron chi connectivity index (χ1n) is 6.12. The summed E-state index contributed by atoms with van der Waals surface area (Å²) in [6, 6.07) is 0. The molecule has 0 spiro atoms. The molecule has 0 N–H and O–H groups in total. The zero-order chi connectivity index (χ0) is 11.9. The second kappa shape index (κ2) is 3.95. The van der Waals surface area contributed by atoms with Crippen LogP contribution in [0, 0.1) is 0 Å². The molecule has 0 aromatic carbocycles. The molecular formula is C12H15ClN4. The van der Waals surface area contributed by atoms with Crippen LogP contribution >= 0.6 is 11.6 Å². The van der Waals surface area contributed by atoms with E-state index in [1.807, 2.05) is 4.40 Å². The Balaban J connectivity index is 2.23. The van der Waals surface area contributed by atoms with Gasteiger partial charge in [-0.15, -0.1) is 10.2 Å². The van der Waals surface area contributed by atoms with Crippen molar-refractivity contribution in [1.82, 2.24) is 19.6 Å². The number of hydrogen-bond donors (Lipinski definition) is 0. The van der Waals surface area contributed by atoms with Crippen molar-refractivity contribution in [2.75, 3.05) is 0 Å². The molecule has 1 aliphatic carbocycles. The number of halogens is 1. The maximum atomic E-state index is 6.22. The molecule has 90 valence electrons. The Morgan fingerprint density at radius 3 is 2.76 bits per heavy atom. The molecule has 0 atom stereocenters. The SMILES string of the molecule is CCC1(c2nnc3cncc(Cl)n23)CCCC1. The molecule has 1 saturated carbocycles. The molecule has 1 fully saturated rings. The minimum Gasteiger partial charge on any atom is -0.266 e. The Hall–Kier alpha value is -1.16. The highest BCUT2D eigenvalue weighted by Crippen LogP contribution is 2.43. The van der Waals surface area contributed by atoms with Crippen LogP contribution in [-0.2, 0) is 5.41 Å². The van der Waals surface area contributed by atoms with Gasteiger partial charge in [0, 0.05) is 5.41 Å². The Kier molecular flexibility index (Phi) is 2.54. The molecule has 0 radical (unpaired) electrons. The molecule has 1 aliphatic rings. The van der Waals surface area contributed by atoms with Crippen molar-refractivity contribution >= 4 is 17.2 Å². The molecule has 17 heavy (non-hydrogen) atoms. The molecule has 4 nitrogen and oxygen atoms in total. The topological polar surface area (TPSA) is 43.1 Å². The minimum absolute atomic E-state index is 0.157. The first kappa shape index (κ1) is 11.0. The average Bonchev–Trinajstić information content (AvgIpc) is 2.96. The molecule has 2 heterocycles. The maximum absolute atomic E-state index is 6.22. The number of fused-ring (bicyclic) bond motifs is 1. The monoisotopic (exact) mass is 250 g/mol. The van der Waals surface area contributed by atoms with E-state index in [-0.39, 0.29) is 5.41 Å². The zero-order valence-corrected chi connectivity index (χ0v) is 10.6. The van der Waals surface area contributed by atoms with Gasteiger partial charge in [0.15, 0.2) is 5.65 Å². The van der Waals surface area contributed by atoms with Crippen molar-refractivity contribution in [3.63, 3.8) is 0 Å². The third-order valence-electron chi connectivity index (χ3n) is 3.98. The van der Waals surface area contributed by atoms with Crippen LogP contribution in [-0.4, -0.2) is 19.6 Å². The van der Waals surface area contributed by atoms with E-state index in [0.717, 1.165) is 17.9 Å². The lowest BCUT2D eigenvalue weighted by atomic mass is 9.82. The van der Waals surface area contributed by atoms with Crippen LogP contribution in [0.15, 0.2) is 12.4 Å². The normalized spacial score (nSPS) is 18.9. The molecular weight excluding hydrogens is 236 g/mol. The van der Waals surface area contributed by atoms with Crippen molar-refractivity contribution in [3.8, 4) is 0 Å². The molecule has 0 aliphatic heterocycles. The zero-order valence-electron chi connectivity index (χ0n) is 9.86. The highest BCUT2D eigenvalue weighted by atomic mass is 35.5. The van der Waals surface area contributed by atoms with Gasteiger partial charge in [-0.25, -0.2) is 0 Å². The molecule has 0 bridgehead atoms. The van der Waals surface area contributed by atoms with Crippen LogP contribution in [0.1, 0.15) is 44.9 Å². The lowest BCUT2D eigenvalue weighted by Crippen LogP contribution is -2.24. The van der Waals surface area contributed by atoms with Crippen molar-refractivity contribution < 1.29 is 0 Å². The first-order valence-corrected chi connectivity index (χ1v) is 6.50. The molecule has 0 unspecified atom stereocenters. The number of aromatic nitrogens is 4.